The highest BCUT2D eigenvalue weighted by Gasteiger charge is 1.96. The van der Waals surface area contributed by atoms with Gasteiger partial charge in [0.25, 0.3) is 0 Å². The Hall–Kier alpha value is -0.310. The Morgan fingerprint density at radius 3 is 2.93 bits per heavy atom. The molecule has 1 unspecified atom stereocenters. The molecule has 0 aliphatic heterocycles. The molecule has 0 saturated heterocycles. The zero-order valence-electron chi connectivity index (χ0n) is 8.32. The summed E-state index contributed by atoms with van der Waals surface area (Å²) >= 11 is 1.70. The maximum atomic E-state index is 5.25. The third-order valence-corrected chi connectivity index (χ3v) is 3.55. The topological polar surface area (TPSA) is 31.4 Å². The minimum Gasteiger partial charge on any atom is -0.495 e. The van der Waals surface area contributed by atoms with Crippen LogP contribution < -0.4 is 4.74 Å². The van der Waals surface area contributed by atoms with E-state index in [4.69, 9.17) is 9.26 Å². The molecule has 14 heavy (non-hydrogen) atoms. The van der Waals surface area contributed by atoms with E-state index in [1.165, 1.54) is 0 Å². The van der Waals surface area contributed by atoms with Gasteiger partial charge in [-0.2, -0.15) is 0 Å². The van der Waals surface area contributed by atoms with E-state index in [0.717, 1.165) is 22.9 Å². The highest BCUT2D eigenvalue weighted by Crippen LogP contribution is 2.25. The fraction of sp³-hybridized carbons (Fsp3) is 0.444. The quantitative estimate of drug-likeness (QED) is 0.428. The van der Waals surface area contributed by atoms with Gasteiger partial charge in [-0.15, -0.1) is 0 Å². The molecule has 0 aromatic carbocycles. The van der Waals surface area contributed by atoms with Crippen LogP contribution in [0, 0.1) is 0 Å². The molecule has 0 aliphatic carbocycles. The van der Waals surface area contributed by atoms with Crippen molar-refractivity contribution < 1.29 is 9.26 Å². The molecule has 1 heterocycles. The summed E-state index contributed by atoms with van der Waals surface area (Å²) in [5.74, 6) is 0.793. The SMILES string of the molecule is CCOPCSc1ccc(OC)cn1. The van der Waals surface area contributed by atoms with Gasteiger partial charge in [0.05, 0.1) is 18.3 Å². The number of hydrogen-bond donors (Lipinski definition) is 0. The maximum Gasteiger partial charge on any atom is 0.137 e. The van der Waals surface area contributed by atoms with Crippen LogP contribution in [0.1, 0.15) is 6.92 Å². The van der Waals surface area contributed by atoms with E-state index >= 15 is 0 Å². The van der Waals surface area contributed by atoms with E-state index in [1.807, 2.05) is 19.1 Å². The van der Waals surface area contributed by atoms with Crippen LogP contribution >= 0.6 is 20.6 Å². The van der Waals surface area contributed by atoms with Gasteiger partial charge in [-0.1, -0.05) is 11.8 Å². The molecular weight excluding hydrogens is 217 g/mol. The van der Waals surface area contributed by atoms with Crippen LogP contribution in [0.15, 0.2) is 23.4 Å². The molecular formula is C9H14NO2PS. The second kappa shape index (κ2) is 7.04. The molecule has 0 amide bonds. The first kappa shape index (κ1) is 11.8. The van der Waals surface area contributed by atoms with Crippen molar-refractivity contribution in [1.29, 1.82) is 0 Å². The van der Waals surface area contributed by atoms with Gasteiger partial charge in [-0.25, -0.2) is 4.98 Å². The first-order valence-corrected chi connectivity index (χ1v) is 6.44. The molecule has 0 bridgehead atoms. The molecule has 1 rings (SSSR count). The van der Waals surface area contributed by atoms with E-state index in [0.29, 0.717) is 8.81 Å². The third-order valence-electron chi connectivity index (χ3n) is 1.47. The molecule has 0 radical (unpaired) electrons. The average molecular weight is 231 g/mol. The maximum absolute atomic E-state index is 5.25. The molecule has 78 valence electrons. The molecule has 0 spiro atoms. The molecule has 5 heteroatoms. The second-order valence-electron chi connectivity index (χ2n) is 2.40. The van der Waals surface area contributed by atoms with Gasteiger partial charge in [0.15, 0.2) is 0 Å². The van der Waals surface area contributed by atoms with Crippen LogP contribution in [0.25, 0.3) is 0 Å². The fourth-order valence-corrected chi connectivity index (χ4v) is 2.48. The van der Waals surface area contributed by atoms with E-state index < -0.39 is 0 Å². The zero-order valence-corrected chi connectivity index (χ0v) is 10.1. The Balaban J connectivity index is 2.29. The standard InChI is InChI=1S/C9H14NO2PS/c1-3-12-13-7-14-9-5-4-8(11-2)6-10-9/h4-6,13H,3,7H2,1-2H3. The lowest BCUT2D eigenvalue weighted by atomic mass is 10.5. The number of ether oxygens (including phenoxy) is 1. The molecule has 1 atom stereocenters. The first-order chi connectivity index (χ1) is 6.86. The van der Waals surface area contributed by atoms with Gasteiger partial charge >= 0.3 is 0 Å². The predicted molar refractivity (Wildman–Crippen MR) is 61.5 cm³/mol. The predicted octanol–water partition coefficient (Wildman–Crippen LogP) is 2.77. The van der Waals surface area contributed by atoms with Gasteiger partial charge in [-0.05, 0) is 19.1 Å². The summed E-state index contributed by atoms with van der Waals surface area (Å²) in [7, 11) is 2.19. The molecule has 1 aromatic rings. The van der Waals surface area contributed by atoms with Crippen molar-refractivity contribution in [2.24, 2.45) is 0 Å². The van der Waals surface area contributed by atoms with Crippen LogP contribution in [0.4, 0.5) is 0 Å². The van der Waals surface area contributed by atoms with Crippen LogP contribution in [0.3, 0.4) is 0 Å². The normalized spacial score (nSPS) is 11.0. The fourth-order valence-electron chi connectivity index (χ4n) is 0.820. The van der Waals surface area contributed by atoms with Gasteiger partial charge in [0, 0.05) is 20.9 Å². The van der Waals surface area contributed by atoms with E-state index in [1.54, 1.807) is 25.1 Å². The largest absolute Gasteiger partial charge is 0.495 e. The number of nitrogens with zero attached hydrogens (tertiary/aromatic N) is 1. The Kier molecular flexibility index (Phi) is 5.92. The smallest absolute Gasteiger partial charge is 0.137 e. The minimum absolute atomic E-state index is 0.547. The van der Waals surface area contributed by atoms with Crippen molar-refractivity contribution in [3.05, 3.63) is 18.3 Å². The summed E-state index contributed by atoms with van der Waals surface area (Å²) in [4.78, 5) is 4.23. The number of hydrogen-bond acceptors (Lipinski definition) is 4. The summed E-state index contributed by atoms with van der Waals surface area (Å²) < 4.78 is 10.3. The lowest BCUT2D eigenvalue weighted by molar-refractivity contribution is 0.391. The molecule has 1 aromatic heterocycles. The second-order valence-corrected chi connectivity index (χ2v) is 4.84. The molecule has 0 fully saturated rings. The van der Waals surface area contributed by atoms with Crippen molar-refractivity contribution >= 4 is 20.6 Å². The van der Waals surface area contributed by atoms with E-state index in [2.05, 4.69) is 4.98 Å². The summed E-state index contributed by atoms with van der Waals surface area (Å²) in [5.41, 5.74) is 0.965. The monoisotopic (exact) mass is 231 g/mol. The van der Waals surface area contributed by atoms with Crippen LogP contribution in [0.5, 0.6) is 5.75 Å². The Bertz CT molecular complexity index is 255. The highest BCUT2D eigenvalue weighted by atomic mass is 32.2. The molecule has 3 nitrogen and oxygen atoms in total. The van der Waals surface area contributed by atoms with Crippen LogP contribution in [-0.2, 0) is 4.52 Å². The van der Waals surface area contributed by atoms with Crippen molar-refractivity contribution in [2.75, 3.05) is 19.2 Å². The number of pyridine rings is 1. The first-order valence-electron chi connectivity index (χ1n) is 4.34. The summed E-state index contributed by atoms with van der Waals surface area (Å²) in [6, 6.07) is 3.87. The van der Waals surface area contributed by atoms with Crippen molar-refractivity contribution in [3.8, 4) is 5.75 Å². The van der Waals surface area contributed by atoms with Gasteiger partial charge in [0.1, 0.15) is 5.75 Å². The minimum atomic E-state index is 0.547. The van der Waals surface area contributed by atoms with E-state index in [-0.39, 0.29) is 0 Å². The van der Waals surface area contributed by atoms with Crippen LogP contribution in [0.2, 0.25) is 0 Å². The Labute approximate surface area is 90.5 Å². The van der Waals surface area contributed by atoms with Gasteiger partial charge < -0.3 is 9.26 Å². The molecule has 0 aliphatic rings. The highest BCUT2D eigenvalue weighted by molar-refractivity contribution is 8.03. The van der Waals surface area contributed by atoms with Crippen LogP contribution in [-0.4, -0.2) is 24.2 Å². The summed E-state index contributed by atoms with van der Waals surface area (Å²) in [6.45, 7) is 2.79. The number of methoxy groups -OCH3 is 1. The Morgan fingerprint density at radius 2 is 2.36 bits per heavy atom. The zero-order chi connectivity index (χ0) is 10.2. The molecule has 0 saturated carbocycles. The number of thioether (sulfide) groups is 1. The lowest BCUT2D eigenvalue weighted by Crippen LogP contribution is -1.85. The average Bonchev–Trinajstić information content (AvgIpc) is 2.25. The number of aromatic nitrogens is 1. The summed E-state index contributed by atoms with van der Waals surface area (Å²) in [6.07, 6.45) is 1.73. The van der Waals surface area contributed by atoms with Crippen molar-refractivity contribution in [2.45, 2.75) is 11.9 Å². The Morgan fingerprint density at radius 1 is 1.50 bits per heavy atom. The van der Waals surface area contributed by atoms with Crippen molar-refractivity contribution in [1.82, 2.24) is 4.98 Å². The van der Waals surface area contributed by atoms with Gasteiger partial charge in [-0.3, -0.25) is 0 Å². The van der Waals surface area contributed by atoms with E-state index in [9.17, 15) is 0 Å². The lowest BCUT2D eigenvalue weighted by Gasteiger charge is -2.02. The summed E-state index contributed by atoms with van der Waals surface area (Å²) in [5, 5.41) is 1.01. The molecule has 0 N–H and O–H groups in total. The van der Waals surface area contributed by atoms with Gasteiger partial charge in [0.2, 0.25) is 0 Å². The van der Waals surface area contributed by atoms with Crippen molar-refractivity contribution in [3.63, 3.8) is 0 Å². The third kappa shape index (κ3) is 4.27. The number of rotatable bonds is 6.